The zero-order valence-corrected chi connectivity index (χ0v) is 15.4. The average Bonchev–Trinajstić information content (AvgIpc) is 2.97. The number of amides is 1. The summed E-state index contributed by atoms with van der Waals surface area (Å²) in [6, 6.07) is 9.41. The predicted molar refractivity (Wildman–Crippen MR) is 100 cm³/mol. The summed E-state index contributed by atoms with van der Waals surface area (Å²) in [7, 11) is 0. The number of thiophene rings is 1. The highest BCUT2D eigenvalue weighted by atomic mass is 35.5. The highest BCUT2D eigenvalue weighted by Gasteiger charge is 2.21. The first kappa shape index (κ1) is 17.8. The van der Waals surface area contributed by atoms with Crippen LogP contribution in [0.15, 0.2) is 24.3 Å². The normalized spacial score (nSPS) is 13.0. The minimum absolute atomic E-state index is 0.0743. The molecule has 0 saturated carbocycles. The number of fused-ring (bicyclic) bond motifs is 1. The topological polar surface area (TPSA) is 62.1 Å². The van der Waals surface area contributed by atoms with Crippen molar-refractivity contribution < 1.29 is 9.53 Å². The molecule has 0 atom stereocenters. The number of hydrogen-bond acceptors (Lipinski definition) is 4. The van der Waals surface area contributed by atoms with Crippen LogP contribution in [-0.4, -0.2) is 12.5 Å². The molecule has 2 aromatic rings. The number of carbonyl (C=O) groups excluding carboxylic acids is 1. The minimum Gasteiger partial charge on any atom is -0.494 e. The van der Waals surface area contributed by atoms with Crippen LogP contribution in [0, 0.1) is 11.3 Å². The van der Waals surface area contributed by atoms with Crippen molar-refractivity contribution in [1.29, 1.82) is 5.26 Å². The van der Waals surface area contributed by atoms with Gasteiger partial charge in [0.15, 0.2) is 0 Å². The van der Waals surface area contributed by atoms with Crippen molar-refractivity contribution >= 4 is 33.8 Å². The maximum absolute atomic E-state index is 12.2. The van der Waals surface area contributed by atoms with Crippen LogP contribution in [0.25, 0.3) is 0 Å². The number of halogens is 1. The Balaban J connectivity index is 1.49. The van der Waals surface area contributed by atoms with E-state index in [1.54, 1.807) is 35.6 Å². The van der Waals surface area contributed by atoms with E-state index in [1.807, 2.05) is 0 Å². The number of nitrogens with zero attached hydrogens (tertiary/aromatic N) is 1. The lowest BCUT2D eigenvalue weighted by Gasteiger charge is -2.09. The molecule has 1 amide bonds. The molecule has 1 aliphatic rings. The molecule has 1 aliphatic carbocycles. The van der Waals surface area contributed by atoms with Gasteiger partial charge in [0.05, 0.1) is 12.2 Å². The lowest BCUT2D eigenvalue weighted by atomic mass is 9.96. The van der Waals surface area contributed by atoms with E-state index < -0.39 is 0 Å². The predicted octanol–water partition coefficient (Wildman–Crippen LogP) is 4.95. The lowest BCUT2D eigenvalue weighted by molar-refractivity contribution is -0.116. The van der Waals surface area contributed by atoms with Gasteiger partial charge >= 0.3 is 0 Å². The first-order valence-corrected chi connectivity index (χ1v) is 9.59. The number of benzene rings is 1. The number of hydrogen-bond donors (Lipinski definition) is 1. The molecular formula is C19H19ClN2O2S. The van der Waals surface area contributed by atoms with E-state index in [0.29, 0.717) is 35.0 Å². The Morgan fingerprint density at radius 2 is 2.04 bits per heavy atom. The number of aryl methyl sites for hydroxylation is 1. The molecule has 0 unspecified atom stereocenters. The molecule has 0 spiro atoms. The second kappa shape index (κ2) is 8.37. The van der Waals surface area contributed by atoms with Crippen LogP contribution in [-0.2, 0) is 17.6 Å². The van der Waals surface area contributed by atoms with E-state index in [4.69, 9.17) is 16.3 Å². The van der Waals surface area contributed by atoms with Crippen molar-refractivity contribution in [1.82, 2.24) is 0 Å². The van der Waals surface area contributed by atoms with Crippen LogP contribution in [0.3, 0.4) is 0 Å². The van der Waals surface area contributed by atoms with Gasteiger partial charge in [-0.15, -0.1) is 11.3 Å². The summed E-state index contributed by atoms with van der Waals surface area (Å²) in [5.74, 6) is 0.664. The molecule has 25 heavy (non-hydrogen) atoms. The van der Waals surface area contributed by atoms with Crippen LogP contribution < -0.4 is 10.1 Å². The molecular weight excluding hydrogens is 356 g/mol. The quantitative estimate of drug-likeness (QED) is 0.727. The summed E-state index contributed by atoms with van der Waals surface area (Å²) >= 11 is 7.38. The third-order valence-corrected chi connectivity index (χ3v) is 5.63. The molecule has 6 heteroatoms. The Morgan fingerprint density at radius 3 is 2.80 bits per heavy atom. The largest absolute Gasteiger partial charge is 0.494 e. The van der Waals surface area contributed by atoms with Crippen molar-refractivity contribution in [2.24, 2.45) is 0 Å². The highest BCUT2D eigenvalue weighted by molar-refractivity contribution is 7.16. The summed E-state index contributed by atoms with van der Waals surface area (Å²) in [5.41, 5.74) is 1.80. The molecule has 1 N–H and O–H groups in total. The third-order valence-electron chi connectivity index (χ3n) is 4.17. The van der Waals surface area contributed by atoms with Gasteiger partial charge in [-0.1, -0.05) is 11.6 Å². The van der Waals surface area contributed by atoms with Crippen molar-refractivity contribution in [2.45, 2.75) is 38.5 Å². The number of anilines is 1. The fourth-order valence-corrected chi connectivity index (χ4v) is 4.30. The molecule has 0 aliphatic heterocycles. The molecule has 1 heterocycles. The monoisotopic (exact) mass is 374 g/mol. The maximum atomic E-state index is 12.2. The van der Waals surface area contributed by atoms with Gasteiger partial charge < -0.3 is 10.1 Å². The highest BCUT2D eigenvalue weighted by Crippen LogP contribution is 2.37. The van der Waals surface area contributed by atoms with Crippen LogP contribution >= 0.6 is 22.9 Å². The fraction of sp³-hybridized carbons (Fsp3) is 0.368. The van der Waals surface area contributed by atoms with E-state index >= 15 is 0 Å². The first-order valence-electron chi connectivity index (χ1n) is 8.40. The van der Waals surface area contributed by atoms with Gasteiger partial charge in [0, 0.05) is 16.3 Å². The van der Waals surface area contributed by atoms with E-state index in [0.717, 1.165) is 37.0 Å². The minimum atomic E-state index is -0.0743. The zero-order chi connectivity index (χ0) is 17.6. The lowest BCUT2D eigenvalue weighted by Crippen LogP contribution is -2.12. The van der Waals surface area contributed by atoms with Crippen LogP contribution in [0.4, 0.5) is 5.00 Å². The van der Waals surface area contributed by atoms with Gasteiger partial charge in [0.1, 0.15) is 16.8 Å². The molecule has 0 radical (unpaired) electrons. The van der Waals surface area contributed by atoms with Gasteiger partial charge in [-0.25, -0.2) is 0 Å². The van der Waals surface area contributed by atoms with Gasteiger partial charge in [-0.3, -0.25) is 4.79 Å². The van der Waals surface area contributed by atoms with Crippen LogP contribution in [0.5, 0.6) is 5.75 Å². The number of nitriles is 1. The summed E-state index contributed by atoms with van der Waals surface area (Å²) in [6.45, 7) is 0.459. The molecule has 3 rings (SSSR count). The van der Waals surface area contributed by atoms with Crippen molar-refractivity contribution in [2.75, 3.05) is 11.9 Å². The number of nitrogens with one attached hydrogen (secondary N) is 1. The summed E-state index contributed by atoms with van der Waals surface area (Å²) < 4.78 is 5.58. The van der Waals surface area contributed by atoms with Crippen LogP contribution in [0.2, 0.25) is 5.02 Å². The van der Waals surface area contributed by atoms with Crippen molar-refractivity contribution in [3.63, 3.8) is 0 Å². The molecule has 0 fully saturated rings. The first-order chi connectivity index (χ1) is 12.2. The van der Waals surface area contributed by atoms with Gasteiger partial charge in [-0.05, 0) is 61.9 Å². The standard InChI is InChI=1S/C19H19ClN2O2S/c20-13-7-9-14(10-8-13)24-11-3-6-18(23)22-19-16(12-21)15-4-1-2-5-17(15)25-19/h7-10H,1-6,11H2,(H,22,23). The molecule has 0 bridgehead atoms. The van der Waals surface area contributed by atoms with E-state index in [2.05, 4.69) is 11.4 Å². The molecule has 1 aromatic heterocycles. The Bertz CT molecular complexity index is 793. The fourth-order valence-electron chi connectivity index (χ4n) is 2.91. The van der Waals surface area contributed by atoms with Crippen molar-refractivity contribution in [3.05, 3.63) is 45.3 Å². The SMILES string of the molecule is N#Cc1c(NC(=O)CCCOc2ccc(Cl)cc2)sc2c1CCCC2. The van der Waals surface area contributed by atoms with Crippen molar-refractivity contribution in [3.8, 4) is 11.8 Å². The number of ether oxygens (including phenoxy) is 1. The summed E-state index contributed by atoms with van der Waals surface area (Å²) in [6.07, 6.45) is 5.21. The number of carbonyl (C=O) groups is 1. The molecule has 1 aromatic carbocycles. The van der Waals surface area contributed by atoms with E-state index in [9.17, 15) is 10.1 Å². The average molecular weight is 375 g/mol. The Hall–Kier alpha value is -2.03. The number of rotatable bonds is 6. The Labute approximate surface area is 156 Å². The molecule has 0 saturated heterocycles. The zero-order valence-electron chi connectivity index (χ0n) is 13.8. The summed E-state index contributed by atoms with van der Waals surface area (Å²) in [4.78, 5) is 13.4. The van der Waals surface area contributed by atoms with E-state index in [1.165, 1.54) is 4.88 Å². The van der Waals surface area contributed by atoms with Crippen LogP contribution in [0.1, 0.15) is 41.7 Å². The summed E-state index contributed by atoms with van der Waals surface area (Å²) in [5, 5.41) is 13.7. The third kappa shape index (κ3) is 4.53. The smallest absolute Gasteiger partial charge is 0.225 e. The second-order valence-corrected chi connectivity index (χ2v) is 7.52. The van der Waals surface area contributed by atoms with Gasteiger partial charge in [-0.2, -0.15) is 5.26 Å². The second-order valence-electron chi connectivity index (χ2n) is 5.98. The van der Waals surface area contributed by atoms with E-state index in [-0.39, 0.29) is 5.91 Å². The Morgan fingerprint density at radius 1 is 1.28 bits per heavy atom. The molecule has 130 valence electrons. The maximum Gasteiger partial charge on any atom is 0.225 e. The Kier molecular flexibility index (Phi) is 5.95. The van der Waals surface area contributed by atoms with Gasteiger partial charge in [0.2, 0.25) is 5.91 Å². The van der Waals surface area contributed by atoms with Gasteiger partial charge in [0.25, 0.3) is 0 Å². The molecule has 4 nitrogen and oxygen atoms in total.